The van der Waals surface area contributed by atoms with Crippen molar-refractivity contribution in [1.29, 1.82) is 0 Å². The maximum absolute atomic E-state index is 13.7. The summed E-state index contributed by atoms with van der Waals surface area (Å²) in [4.78, 5) is 34.2. The Hall–Kier alpha value is -2.95. The summed E-state index contributed by atoms with van der Waals surface area (Å²) in [7, 11) is 0. The molecular weight excluding hydrogens is 434 g/mol. The standard InChI is InChI=1S/C30H39N3O2/c1-3-4-5-13-22-32(28(34)21-20-24-14-9-10-15-24)23(2)29-31-27-19-12-11-18-26(27)30(35)33(29)25-16-7-6-8-17-25/h6-8,11-12,16-19,23-24H,3-5,9-10,13-15,20-22H2,1-2H3. The Labute approximate surface area is 209 Å². The fourth-order valence-corrected chi connectivity index (χ4v) is 5.41. The third-order valence-electron chi connectivity index (χ3n) is 7.47. The van der Waals surface area contributed by atoms with Gasteiger partial charge in [-0.1, -0.05) is 82.2 Å². The van der Waals surface area contributed by atoms with E-state index in [9.17, 15) is 9.59 Å². The highest BCUT2D eigenvalue weighted by Crippen LogP contribution is 2.30. The molecule has 5 heteroatoms. The van der Waals surface area contributed by atoms with Crippen LogP contribution in [0.4, 0.5) is 0 Å². The predicted octanol–water partition coefficient (Wildman–Crippen LogP) is 6.83. The summed E-state index contributed by atoms with van der Waals surface area (Å²) in [5.74, 6) is 1.49. The zero-order valence-corrected chi connectivity index (χ0v) is 21.3. The lowest BCUT2D eigenvalue weighted by Gasteiger charge is -2.31. The molecule has 1 unspecified atom stereocenters. The summed E-state index contributed by atoms with van der Waals surface area (Å²) in [5.41, 5.74) is 1.37. The molecular formula is C30H39N3O2. The summed E-state index contributed by atoms with van der Waals surface area (Å²) in [6.45, 7) is 4.93. The number of fused-ring (bicyclic) bond motifs is 1. The van der Waals surface area contributed by atoms with Crippen LogP contribution >= 0.6 is 0 Å². The summed E-state index contributed by atoms with van der Waals surface area (Å²) in [6, 6.07) is 16.9. The van der Waals surface area contributed by atoms with Crippen LogP contribution in [-0.2, 0) is 4.79 Å². The van der Waals surface area contributed by atoms with Crippen LogP contribution < -0.4 is 5.56 Å². The second kappa shape index (κ2) is 12.1. The summed E-state index contributed by atoms with van der Waals surface area (Å²) >= 11 is 0. The Morgan fingerprint density at radius 2 is 1.74 bits per heavy atom. The SMILES string of the molecule is CCCCCCN(C(=O)CCC1CCCC1)C(C)c1nc2ccccc2c(=O)n1-c1ccccc1. The molecule has 0 radical (unpaired) electrons. The van der Waals surface area contributed by atoms with Gasteiger partial charge in [-0.2, -0.15) is 0 Å². The van der Waals surface area contributed by atoms with Crippen molar-refractivity contribution in [3.05, 3.63) is 70.8 Å². The molecule has 1 aliphatic rings. The first-order valence-corrected chi connectivity index (χ1v) is 13.5. The van der Waals surface area contributed by atoms with E-state index in [0.29, 0.717) is 35.6 Å². The van der Waals surface area contributed by atoms with Crippen molar-refractivity contribution in [1.82, 2.24) is 14.5 Å². The Morgan fingerprint density at radius 1 is 1.03 bits per heavy atom. The van der Waals surface area contributed by atoms with E-state index >= 15 is 0 Å². The highest BCUT2D eigenvalue weighted by atomic mass is 16.2. The van der Waals surface area contributed by atoms with E-state index in [-0.39, 0.29) is 17.5 Å². The number of benzene rings is 2. The van der Waals surface area contributed by atoms with Crippen LogP contribution in [0, 0.1) is 5.92 Å². The molecule has 1 fully saturated rings. The van der Waals surface area contributed by atoms with Gasteiger partial charge in [-0.25, -0.2) is 4.98 Å². The van der Waals surface area contributed by atoms with Gasteiger partial charge in [0.1, 0.15) is 5.82 Å². The highest BCUT2D eigenvalue weighted by molar-refractivity contribution is 5.79. The smallest absolute Gasteiger partial charge is 0.266 e. The quantitative estimate of drug-likeness (QED) is 0.287. The Kier molecular flexibility index (Phi) is 8.73. The average Bonchev–Trinajstić information content (AvgIpc) is 3.41. The lowest BCUT2D eigenvalue weighted by molar-refractivity contribution is -0.134. The predicted molar refractivity (Wildman–Crippen MR) is 143 cm³/mol. The molecule has 0 saturated heterocycles. The van der Waals surface area contributed by atoms with Crippen LogP contribution in [0.2, 0.25) is 0 Å². The molecule has 2 aromatic carbocycles. The van der Waals surface area contributed by atoms with Gasteiger partial charge in [-0.15, -0.1) is 0 Å². The fourth-order valence-electron chi connectivity index (χ4n) is 5.41. The molecule has 5 nitrogen and oxygen atoms in total. The third kappa shape index (κ3) is 6.01. The van der Waals surface area contributed by atoms with E-state index in [0.717, 1.165) is 31.4 Å². The largest absolute Gasteiger partial charge is 0.333 e. The molecule has 0 bridgehead atoms. The molecule has 1 amide bonds. The first-order chi connectivity index (χ1) is 17.1. The number of hydrogen-bond donors (Lipinski definition) is 0. The topological polar surface area (TPSA) is 55.2 Å². The second-order valence-corrected chi connectivity index (χ2v) is 9.98. The molecule has 0 N–H and O–H groups in total. The first-order valence-electron chi connectivity index (χ1n) is 13.5. The molecule has 0 spiro atoms. The van der Waals surface area contributed by atoms with Crippen molar-refractivity contribution < 1.29 is 4.79 Å². The van der Waals surface area contributed by atoms with E-state index in [2.05, 4.69) is 6.92 Å². The Morgan fingerprint density at radius 3 is 2.49 bits per heavy atom. The minimum atomic E-state index is -0.301. The molecule has 1 saturated carbocycles. The van der Waals surface area contributed by atoms with Crippen molar-refractivity contribution >= 4 is 16.8 Å². The van der Waals surface area contributed by atoms with Gasteiger partial charge in [0.05, 0.1) is 22.6 Å². The van der Waals surface area contributed by atoms with E-state index < -0.39 is 0 Å². The number of aromatic nitrogens is 2. The van der Waals surface area contributed by atoms with Crippen LogP contribution in [0.25, 0.3) is 16.6 Å². The number of nitrogens with zero attached hydrogens (tertiary/aromatic N) is 3. The van der Waals surface area contributed by atoms with Crippen molar-refractivity contribution in [3.8, 4) is 5.69 Å². The molecule has 186 valence electrons. The van der Waals surface area contributed by atoms with E-state index in [4.69, 9.17) is 4.98 Å². The normalized spacial score (nSPS) is 14.9. The maximum Gasteiger partial charge on any atom is 0.266 e. The molecule has 1 aliphatic carbocycles. The van der Waals surface area contributed by atoms with Crippen molar-refractivity contribution in [2.75, 3.05) is 6.54 Å². The van der Waals surface area contributed by atoms with Crippen LogP contribution in [0.5, 0.6) is 0 Å². The van der Waals surface area contributed by atoms with Gasteiger partial charge in [0.2, 0.25) is 5.91 Å². The van der Waals surface area contributed by atoms with Gasteiger partial charge >= 0.3 is 0 Å². The molecule has 1 aromatic heterocycles. The Balaban J connectivity index is 1.70. The highest BCUT2D eigenvalue weighted by Gasteiger charge is 2.27. The van der Waals surface area contributed by atoms with Gasteiger partial charge in [-0.3, -0.25) is 14.2 Å². The molecule has 3 aromatic rings. The van der Waals surface area contributed by atoms with Crippen LogP contribution in [0.1, 0.15) is 89.9 Å². The van der Waals surface area contributed by atoms with E-state index in [1.807, 2.05) is 66.4 Å². The Bertz CT molecular complexity index is 1170. The number of amides is 1. The zero-order chi connectivity index (χ0) is 24.6. The number of unbranched alkanes of at least 4 members (excludes halogenated alkanes) is 3. The maximum atomic E-state index is 13.7. The first kappa shape index (κ1) is 25.2. The average molecular weight is 474 g/mol. The van der Waals surface area contributed by atoms with Crippen LogP contribution in [-0.4, -0.2) is 26.9 Å². The summed E-state index contributed by atoms with van der Waals surface area (Å²) in [6.07, 6.45) is 11.0. The minimum Gasteiger partial charge on any atom is -0.333 e. The second-order valence-electron chi connectivity index (χ2n) is 9.98. The van der Waals surface area contributed by atoms with Crippen molar-refractivity contribution in [3.63, 3.8) is 0 Å². The number of rotatable bonds is 11. The number of carbonyl (C=O) groups excluding carboxylic acids is 1. The molecule has 0 aliphatic heterocycles. The lowest BCUT2D eigenvalue weighted by atomic mass is 10.0. The monoisotopic (exact) mass is 473 g/mol. The minimum absolute atomic E-state index is 0.0898. The van der Waals surface area contributed by atoms with E-state index in [1.54, 1.807) is 4.57 Å². The van der Waals surface area contributed by atoms with Crippen LogP contribution in [0.3, 0.4) is 0 Å². The van der Waals surface area contributed by atoms with Gasteiger partial charge in [0.15, 0.2) is 0 Å². The number of hydrogen-bond acceptors (Lipinski definition) is 3. The van der Waals surface area contributed by atoms with Gasteiger partial charge in [-0.05, 0) is 49.9 Å². The van der Waals surface area contributed by atoms with E-state index in [1.165, 1.54) is 32.1 Å². The van der Waals surface area contributed by atoms with Crippen LogP contribution in [0.15, 0.2) is 59.4 Å². The van der Waals surface area contributed by atoms with Crippen molar-refractivity contribution in [2.24, 2.45) is 5.92 Å². The lowest BCUT2D eigenvalue weighted by Crippen LogP contribution is -2.38. The van der Waals surface area contributed by atoms with Gasteiger partial charge in [0, 0.05) is 13.0 Å². The van der Waals surface area contributed by atoms with Gasteiger partial charge < -0.3 is 4.90 Å². The molecule has 4 rings (SSSR count). The van der Waals surface area contributed by atoms with Gasteiger partial charge in [0.25, 0.3) is 5.56 Å². The number of para-hydroxylation sites is 2. The number of carbonyl (C=O) groups is 1. The summed E-state index contributed by atoms with van der Waals surface area (Å²) < 4.78 is 1.70. The molecule has 1 heterocycles. The molecule has 35 heavy (non-hydrogen) atoms. The van der Waals surface area contributed by atoms with Crippen molar-refractivity contribution in [2.45, 2.75) is 84.1 Å². The molecule has 1 atom stereocenters. The summed E-state index contributed by atoms with van der Waals surface area (Å²) in [5, 5.41) is 0.592. The fraction of sp³-hybridized carbons (Fsp3) is 0.500. The zero-order valence-electron chi connectivity index (χ0n) is 21.3. The third-order valence-corrected chi connectivity index (χ3v) is 7.47.